The number of rotatable bonds is 8. The van der Waals surface area contributed by atoms with Crippen LogP contribution in [0.1, 0.15) is 37.6 Å². The lowest BCUT2D eigenvalue weighted by Gasteiger charge is -2.29. The highest BCUT2D eigenvalue weighted by atomic mass is 16.5. The molecule has 1 atom stereocenters. The summed E-state index contributed by atoms with van der Waals surface area (Å²) in [6, 6.07) is 6.31. The van der Waals surface area contributed by atoms with Crippen molar-refractivity contribution in [2.45, 2.75) is 33.2 Å². The van der Waals surface area contributed by atoms with Gasteiger partial charge in [-0.1, -0.05) is 13.8 Å². The van der Waals surface area contributed by atoms with E-state index >= 15 is 0 Å². The second-order valence-electron chi connectivity index (χ2n) is 8.40. The molecule has 1 aliphatic rings. The fraction of sp³-hybridized carbons (Fsp3) is 0.609. The zero-order valence-corrected chi connectivity index (χ0v) is 19.4. The number of hydrogen-bond donors (Lipinski definition) is 1. The Hall–Kier alpha value is -2.61. The first kappa shape index (κ1) is 24.7. The van der Waals surface area contributed by atoms with Crippen molar-refractivity contribution in [3.8, 4) is 5.75 Å². The fourth-order valence-corrected chi connectivity index (χ4v) is 3.49. The average molecular weight is 433 g/mol. The van der Waals surface area contributed by atoms with E-state index in [4.69, 9.17) is 4.74 Å². The predicted octanol–water partition coefficient (Wildman–Crippen LogP) is 1.46. The van der Waals surface area contributed by atoms with Crippen molar-refractivity contribution in [1.82, 2.24) is 20.0 Å². The molecule has 0 saturated carbocycles. The molecular formula is C23H36N4O4. The van der Waals surface area contributed by atoms with Crippen molar-refractivity contribution in [2.75, 3.05) is 53.4 Å². The van der Waals surface area contributed by atoms with Gasteiger partial charge in [-0.3, -0.25) is 19.3 Å². The summed E-state index contributed by atoms with van der Waals surface area (Å²) in [6.45, 7) is 9.26. The van der Waals surface area contributed by atoms with Crippen LogP contribution in [0.2, 0.25) is 0 Å². The molecule has 8 nitrogen and oxygen atoms in total. The third-order valence-electron chi connectivity index (χ3n) is 5.40. The molecule has 8 heteroatoms. The molecule has 1 aliphatic heterocycles. The van der Waals surface area contributed by atoms with Gasteiger partial charge in [0.15, 0.2) is 0 Å². The molecule has 0 radical (unpaired) electrons. The monoisotopic (exact) mass is 432 g/mol. The third kappa shape index (κ3) is 7.24. The van der Waals surface area contributed by atoms with Gasteiger partial charge in [-0.25, -0.2) is 0 Å². The second kappa shape index (κ2) is 11.7. The predicted molar refractivity (Wildman–Crippen MR) is 120 cm³/mol. The van der Waals surface area contributed by atoms with Gasteiger partial charge < -0.3 is 19.9 Å². The number of likely N-dealkylation sites (N-methyl/N-ethyl adjacent to an activating group) is 1. The van der Waals surface area contributed by atoms with Gasteiger partial charge in [-0.2, -0.15) is 0 Å². The molecule has 2 rings (SSSR count). The van der Waals surface area contributed by atoms with Crippen LogP contribution in [0.4, 0.5) is 0 Å². The Balaban J connectivity index is 1.99. The van der Waals surface area contributed by atoms with Crippen LogP contribution in [0.15, 0.2) is 24.3 Å². The number of hydrogen-bond acceptors (Lipinski definition) is 5. The number of nitrogens with zero attached hydrogens (tertiary/aromatic N) is 3. The normalized spacial score (nSPS) is 15.9. The zero-order valence-electron chi connectivity index (χ0n) is 19.4. The molecular weight excluding hydrogens is 396 g/mol. The minimum absolute atomic E-state index is 0.0474. The summed E-state index contributed by atoms with van der Waals surface area (Å²) < 4.78 is 5.41. The largest absolute Gasteiger partial charge is 0.494 e. The van der Waals surface area contributed by atoms with Gasteiger partial charge >= 0.3 is 0 Å². The molecule has 1 unspecified atom stereocenters. The number of carbonyl (C=O) groups is 3. The van der Waals surface area contributed by atoms with Crippen molar-refractivity contribution in [1.29, 1.82) is 0 Å². The molecule has 1 saturated heterocycles. The molecule has 1 N–H and O–H groups in total. The summed E-state index contributed by atoms with van der Waals surface area (Å²) in [5, 5.41) is 2.91. The number of ether oxygens (including phenoxy) is 1. The smallest absolute Gasteiger partial charge is 0.251 e. The molecule has 31 heavy (non-hydrogen) atoms. The quantitative estimate of drug-likeness (QED) is 0.673. The highest BCUT2D eigenvalue weighted by molar-refractivity contribution is 5.97. The van der Waals surface area contributed by atoms with E-state index in [1.165, 1.54) is 0 Å². The maximum atomic E-state index is 13.2. The van der Waals surface area contributed by atoms with E-state index in [1.54, 1.807) is 43.3 Å². The van der Waals surface area contributed by atoms with Crippen LogP contribution in [-0.2, 0) is 9.59 Å². The molecule has 172 valence electrons. The van der Waals surface area contributed by atoms with Gasteiger partial charge in [0.2, 0.25) is 11.8 Å². The van der Waals surface area contributed by atoms with Crippen molar-refractivity contribution < 1.29 is 19.1 Å². The van der Waals surface area contributed by atoms with E-state index in [2.05, 4.69) is 10.2 Å². The van der Waals surface area contributed by atoms with E-state index < -0.39 is 6.04 Å². The summed E-state index contributed by atoms with van der Waals surface area (Å²) in [7, 11) is 3.49. The Morgan fingerprint density at radius 1 is 1.06 bits per heavy atom. The van der Waals surface area contributed by atoms with Gasteiger partial charge in [0.1, 0.15) is 11.8 Å². The average Bonchev–Trinajstić information content (AvgIpc) is 2.97. The lowest BCUT2D eigenvalue weighted by Crippen LogP contribution is -2.52. The van der Waals surface area contributed by atoms with Gasteiger partial charge in [-0.15, -0.1) is 0 Å². The summed E-state index contributed by atoms with van der Waals surface area (Å²) in [6.07, 6.45) is 0.796. The highest BCUT2D eigenvalue weighted by Crippen LogP contribution is 2.14. The van der Waals surface area contributed by atoms with E-state index in [0.29, 0.717) is 44.1 Å². The van der Waals surface area contributed by atoms with Crippen molar-refractivity contribution in [3.05, 3.63) is 29.8 Å². The zero-order chi connectivity index (χ0) is 23.0. The van der Waals surface area contributed by atoms with Crippen molar-refractivity contribution in [3.63, 3.8) is 0 Å². The summed E-state index contributed by atoms with van der Waals surface area (Å²) in [4.78, 5) is 43.5. The molecule has 0 spiro atoms. The minimum atomic E-state index is -0.603. The molecule has 1 aromatic rings. The number of benzene rings is 1. The molecule has 1 aromatic carbocycles. The summed E-state index contributed by atoms with van der Waals surface area (Å²) >= 11 is 0. The summed E-state index contributed by atoms with van der Waals surface area (Å²) in [5.74, 6) is 0.367. The standard InChI is InChI=1S/C23H36N4O4/c1-6-31-19-10-8-18(9-11-19)22(29)24-21(17(2)3)23(30)27-13-7-12-26(14-15-27)16-20(28)25(4)5/h8-11,17,21H,6-7,12-16H2,1-5H3,(H,24,29). The van der Waals surface area contributed by atoms with Crippen LogP contribution >= 0.6 is 0 Å². The van der Waals surface area contributed by atoms with Gasteiger partial charge in [0.25, 0.3) is 5.91 Å². The number of carbonyl (C=O) groups excluding carboxylic acids is 3. The molecule has 1 heterocycles. The Kier molecular flexibility index (Phi) is 9.30. The van der Waals surface area contributed by atoms with Crippen LogP contribution in [0, 0.1) is 5.92 Å². The Morgan fingerprint density at radius 2 is 1.74 bits per heavy atom. The van der Waals surface area contributed by atoms with Gasteiger partial charge in [-0.05, 0) is 43.5 Å². The third-order valence-corrected chi connectivity index (χ3v) is 5.40. The second-order valence-corrected chi connectivity index (χ2v) is 8.40. The molecule has 1 fully saturated rings. The lowest BCUT2D eigenvalue weighted by atomic mass is 10.0. The van der Waals surface area contributed by atoms with Crippen molar-refractivity contribution >= 4 is 17.7 Å². The van der Waals surface area contributed by atoms with Gasteiger partial charge in [0, 0.05) is 45.8 Å². The molecule has 3 amide bonds. The van der Waals surface area contributed by atoms with Crippen LogP contribution < -0.4 is 10.1 Å². The maximum Gasteiger partial charge on any atom is 0.251 e. The lowest BCUT2D eigenvalue weighted by molar-refractivity contribution is -0.134. The first-order valence-electron chi connectivity index (χ1n) is 11.0. The fourth-order valence-electron chi connectivity index (χ4n) is 3.49. The van der Waals surface area contributed by atoms with Crippen molar-refractivity contribution in [2.24, 2.45) is 5.92 Å². The Morgan fingerprint density at radius 3 is 2.32 bits per heavy atom. The van der Waals surface area contributed by atoms with Crippen LogP contribution in [-0.4, -0.2) is 91.9 Å². The van der Waals surface area contributed by atoms with E-state index in [1.807, 2.05) is 25.7 Å². The Bertz CT molecular complexity index is 748. The van der Waals surface area contributed by atoms with E-state index in [-0.39, 0.29) is 23.6 Å². The first-order chi connectivity index (χ1) is 14.7. The number of amides is 3. The topological polar surface area (TPSA) is 82.2 Å². The molecule has 0 aromatic heterocycles. The van der Waals surface area contributed by atoms with E-state index in [0.717, 1.165) is 13.0 Å². The van der Waals surface area contributed by atoms with Gasteiger partial charge in [0.05, 0.1) is 13.2 Å². The summed E-state index contributed by atoms with van der Waals surface area (Å²) in [5.41, 5.74) is 0.492. The number of nitrogens with one attached hydrogen (secondary N) is 1. The Labute approximate surface area is 185 Å². The highest BCUT2D eigenvalue weighted by Gasteiger charge is 2.30. The van der Waals surface area contributed by atoms with Crippen LogP contribution in [0.5, 0.6) is 5.75 Å². The molecule has 0 bridgehead atoms. The van der Waals surface area contributed by atoms with Crippen LogP contribution in [0.3, 0.4) is 0 Å². The SMILES string of the molecule is CCOc1ccc(C(=O)NC(C(=O)N2CCCN(CC(=O)N(C)C)CC2)C(C)C)cc1. The van der Waals surface area contributed by atoms with E-state index in [9.17, 15) is 14.4 Å². The molecule has 0 aliphatic carbocycles. The first-order valence-corrected chi connectivity index (χ1v) is 11.0. The maximum absolute atomic E-state index is 13.2. The minimum Gasteiger partial charge on any atom is -0.494 e. The van der Waals surface area contributed by atoms with Crippen LogP contribution in [0.25, 0.3) is 0 Å².